The zero-order valence-corrected chi connectivity index (χ0v) is 11.6. The summed E-state index contributed by atoms with van der Waals surface area (Å²) in [5.74, 6) is -0.182. The van der Waals surface area contributed by atoms with Crippen molar-refractivity contribution in [2.24, 2.45) is 0 Å². The van der Waals surface area contributed by atoms with Gasteiger partial charge in [0, 0.05) is 29.7 Å². The summed E-state index contributed by atoms with van der Waals surface area (Å²) in [6.45, 7) is 2.95. The lowest BCUT2D eigenvalue weighted by molar-refractivity contribution is 0.513. The Bertz CT molecular complexity index is 557. The molecule has 0 aliphatic heterocycles. The number of halogens is 1. The van der Waals surface area contributed by atoms with Gasteiger partial charge < -0.3 is 11.1 Å². The lowest BCUT2D eigenvalue weighted by atomic mass is 9.98. The number of anilines is 1. The van der Waals surface area contributed by atoms with Crippen LogP contribution in [0, 0.1) is 5.82 Å². The molecule has 0 amide bonds. The van der Waals surface area contributed by atoms with Crippen LogP contribution in [0.25, 0.3) is 0 Å². The van der Waals surface area contributed by atoms with Gasteiger partial charge in [-0.3, -0.25) is 4.98 Å². The Hall–Kier alpha value is -1.94. The molecule has 0 aliphatic rings. The molecule has 0 radical (unpaired) electrons. The molecule has 0 fully saturated rings. The van der Waals surface area contributed by atoms with Crippen molar-refractivity contribution in [3.05, 3.63) is 59.7 Å². The van der Waals surface area contributed by atoms with Gasteiger partial charge in [-0.2, -0.15) is 0 Å². The van der Waals surface area contributed by atoms with Crippen molar-refractivity contribution in [2.75, 3.05) is 12.3 Å². The number of benzene rings is 1. The molecule has 0 aliphatic carbocycles. The van der Waals surface area contributed by atoms with E-state index in [1.54, 1.807) is 24.5 Å². The number of aromatic nitrogens is 1. The van der Waals surface area contributed by atoms with E-state index in [4.69, 9.17) is 5.73 Å². The number of nitrogens with zero attached hydrogens (tertiary/aromatic N) is 1. The zero-order valence-electron chi connectivity index (χ0n) is 11.6. The number of pyridine rings is 1. The summed E-state index contributed by atoms with van der Waals surface area (Å²) in [7, 11) is 0. The van der Waals surface area contributed by atoms with Crippen LogP contribution in [0.4, 0.5) is 10.1 Å². The van der Waals surface area contributed by atoms with E-state index in [1.807, 2.05) is 12.1 Å². The SMILES string of the molecule is CCCNC(Cc1ccccc1F)c1cnccc1N. The predicted molar refractivity (Wildman–Crippen MR) is 79.8 cm³/mol. The van der Waals surface area contributed by atoms with E-state index in [2.05, 4.69) is 17.2 Å². The third-order valence-corrected chi connectivity index (χ3v) is 3.29. The first-order valence-electron chi connectivity index (χ1n) is 6.88. The minimum Gasteiger partial charge on any atom is -0.398 e. The minimum absolute atomic E-state index is 0.0273. The van der Waals surface area contributed by atoms with Gasteiger partial charge >= 0.3 is 0 Å². The third-order valence-electron chi connectivity index (χ3n) is 3.29. The summed E-state index contributed by atoms with van der Waals surface area (Å²) in [5, 5.41) is 3.42. The highest BCUT2D eigenvalue weighted by Crippen LogP contribution is 2.24. The molecule has 0 saturated carbocycles. The first-order chi connectivity index (χ1) is 9.72. The molecule has 2 aromatic rings. The molecule has 3 nitrogen and oxygen atoms in total. The summed E-state index contributed by atoms with van der Waals surface area (Å²) < 4.78 is 13.8. The van der Waals surface area contributed by atoms with E-state index in [0.29, 0.717) is 17.7 Å². The molecule has 0 spiro atoms. The van der Waals surface area contributed by atoms with Crippen molar-refractivity contribution in [3.8, 4) is 0 Å². The molecule has 4 heteroatoms. The first kappa shape index (κ1) is 14.5. The Balaban J connectivity index is 2.24. The topological polar surface area (TPSA) is 50.9 Å². The fraction of sp³-hybridized carbons (Fsp3) is 0.312. The molecule has 20 heavy (non-hydrogen) atoms. The number of hydrogen-bond acceptors (Lipinski definition) is 3. The van der Waals surface area contributed by atoms with E-state index in [1.165, 1.54) is 6.07 Å². The van der Waals surface area contributed by atoms with E-state index in [9.17, 15) is 4.39 Å². The van der Waals surface area contributed by atoms with Crippen molar-refractivity contribution < 1.29 is 4.39 Å². The molecule has 3 N–H and O–H groups in total. The second kappa shape index (κ2) is 7.01. The molecule has 0 saturated heterocycles. The smallest absolute Gasteiger partial charge is 0.126 e. The molecule has 1 atom stereocenters. The zero-order chi connectivity index (χ0) is 14.4. The van der Waals surface area contributed by atoms with Crippen LogP contribution in [0.3, 0.4) is 0 Å². The normalized spacial score (nSPS) is 12.3. The second-order valence-electron chi connectivity index (χ2n) is 4.81. The first-order valence-corrected chi connectivity index (χ1v) is 6.88. The summed E-state index contributed by atoms with van der Waals surface area (Å²) in [4.78, 5) is 4.12. The van der Waals surface area contributed by atoms with E-state index < -0.39 is 0 Å². The minimum atomic E-state index is -0.182. The largest absolute Gasteiger partial charge is 0.398 e. The van der Waals surface area contributed by atoms with Gasteiger partial charge in [-0.1, -0.05) is 25.1 Å². The van der Waals surface area contributed by atoms with Gasteiger partial charge in [-0.25, -0.2) is 4.39 Å². The number of nitrogens with two attached hydrogens (primary N) is 1. The quantitative estimate of drug-likeness (QED) is 0.850. The second-order valence-corrected chi connectivity index (χ2v) is 4.81. The number of nitrogens with one attached hydrogen (secondary N) is 1. The van der Waals surface area contributed by atoms with Crippen LogP contribution < -0.4 is 11.1 Å². The number of nitrogen functional groups attached to an aromatic ring is 1. The maximum absolute atomic E-state index is 13.8. The van der Waals surface area contributed by atoms with E-state index >= 15 is 0 Å². The highest BCUT2D eigenvalue weighted by Gasteiger charge is 2.16. The Morgan fingerprint density at radius 3 is 2.80 bits per heavy atom. The highest BCUT2D eigenvalue weighted by atomic mass is 19.1. The molecule has 1 unspecified atom stereocenters. The standard InChI is InChI=1S/C16H20FN3/c1-2-8-20-16(13-11-19-9-7-15(13)18)10-12-5-3-4-6-14(12)17/h3-7,9,11,16,20H,2,8,10H2,1H3,(H2,18,19). The molecule has 2 rings (SSSR count). The van der Waals surface area contributed by atoms with E-state index in [0.717, 1.165) is 18.5 Å². The molecule has 106 valence electrons. The van der Waals surface area contributed by atoms with Crippen molar-refractivity contribution in [1.82, 2.24) is 10.3 Å². The van der Waals surface area contributed by atoms with E-state index in [-0.39, 0.29) is 11.9 Å². The lowest BCUT2D eigenvalue weighted by Gasteiger charge is -2.20. The van der Waals surface area contributed by atoms with Crippen LogP contribution >= 0.6 is 0 Å². The monoisotopic (exact) mass is 273 g/mol. The van der Waals surface area contributed by atoms with Crippen molar-refractivity contribution in [3.63, 3.8) is 0 Å². The highest BCUT2D eigenvalue weighted by molar-refractivity contribution is 5.46. The van der Waals surface area contributed by atoms with Gasteiger partial charge in [-0.05, 0) is 37.1 Å². The van der Waals surface area contributed by atoms with Crippen LogP contribution in [0.15, 0.2) is 42.7 Å². The number of rotatable bonds is 6. The fourth-order valence-electron chi connectivity index (χ4n) is 2.20. The third kappa shape index (κ3) is 3.54. The van der Waals surface area contributed by atoms with Gasteiger partial charge in [0.05, 0.1) is 0 Å². The van der Waals surface area contributed by atoms with Gasteiger partial charge in [0.15, 0.2) is 0 Å². The molecule has 0 bridgehead atoms. The van der Waals surface area contributed by atoms with Crippen LogP contribution in [0.1, 0.15) is 30.5 Å². The van der Waals surface area contributed by atoms with Crippen molar-refractivity contribution in [1.29, 1.82) is 0 Å². The molecule has 1 aromatic carbocycles. The Kier molecular flexibility index (Phi) is 5.07. The Labute approximate surface area is 119 Å². The summed E-state index contributed by atoms with van der Waals surface area (Å²) in [6, 6.07) is 8.59. The van der Waals surface area contributed by atoms with Crippen LogP contribution in [-0.4, -0.2) is 11.5 Å². The molecule has 1 aromatic heterocycles. The summed E-state index contributed by atoms with van der Waals surface area (Å²) in [6.07, 6.45) is 4.98. The average Bonchev–Trinajstić information content (AvgIpc) is 2.46. The average molecular weight is 273 g/mol. The maximum atomic E-state index is 13.8. The molecule has 1 heterocycles. The molecular weight excluding hydrogens is 253 g/mol. The lowest BCUT2D eigenvalue weighted by Crippen LogP contribution is -2.25. The van der Waals surface area contributed by atoms with Gasteiger partial charge in [0.2, 0.25) is 0 Å². The number of hydrogen-bond donors (Lipinski definition) is 2. The van der Waals surface area contributed by atoms with Crippen LogP contribution in [-0.2, 0) is 6.42 Å². The van der Waals surface area contributed by atoms with Gasteiger partial charge in [-0.15, -0.1) is 0 Å². The van der Waals surface area contributed by atoms with Crippen molar-refractivity contribution in [2.45, 2.75) is 25.8 Å². The van der Waals surface area contributed by atoms with Crippen molar-refractivity contribution >= 4 is 5.69 Å². The Morgan fingerprint density at radius 1 is 1.30 bits per heavy atom. The summed E-state index contributed by atoms with van der Waals surface area (Å²) in [5.41, 5.74) is 8.30. The van der Waals surface area contributed by atoms with Crippen LogP contribution in [0.5, 0.6) is 0 Å². The predicted octanol–water partition coefficient (Wildman–Crippen LogP) is 3.09. The van der Waals surface area contributed by atoms with Gasteiger partial charge in [0.25, 0.3) is 0 Å². The maximum Gasteiger partial charge on any atom is 0.126 e. The van der Waals surface area contributed by atoms with Crippen LogP contribution in [0.2, 0.25) is 0 Å². The van der Waals surface area contributed by atoms with Gasteiger partial charge in [0.1, 0.15) is 5.82 Å². The molecular formula is C16H20FN3. The summed E-state index contributed by atoms with van der Waals surface area (Å²) >= 11 is 0. The fourth-order valence-corrected chi connectivity index (χ4v) is 2.20. The Morgan fingerprint density at radius 2 is 2.10 bits per heavy atom.